The van der Waals surface area contributed by atoms with Gasteiger partial charge in [0.1, 0.15) is 5.82 Å². The van der Waals surface area contributed by atoms with Crippen LogP contribution in [0, 0.1) is 25.6 Å². The average molecular weight is 483 g/mol. The van der Waals surface area contributed by atoms with Crippen LogP contribution in [0.4, 0.5) is 4.39 Å². The van der Waals surface area contributed by atoms with Crippen molar-refractivity contribution in [3.63, 3.8) is 0 Å². The highest BCUT2D eigenvalue weighted by atomic mass is 79.9. The summed E-state index contributed by atoms with van der Waals surface area (Å²) < 4.78 is 41.5. The number of aryl methyl sites for hydroxylation is 2. The molecule has 0 saturated carbocycles. The number of nitrogens with zero attached hydrogens (tertiary/aromatic N) is 1. The molecule has 8 heteroatoms. The Morgan fingerprint density at radius 3 is 2.52 bits per heavy atom. The third-order valence-corrected chi connectivity index (χ3v) is 8.07. The Kier molecular flexibility index (Phi) is 6.76. The molecule has 0 radical (unpaired) electrons. The van der Waals surface area contributed by atoms with Crippen molar-refractivity contribution in [2.75, 3.05) is 13.1 Å². The minimum Gasteiger partial charge on any atom is -0.352 e. The maximum absolute atomic E-state index is 13.4. The highest BCUT2D eigenvalue weighted by molar-refractivity contribution is 9.10. The average Bonchev–Trinajstić information content (AvgIpc) is 2.68. The summed E-state index contributed by atoms with van der Waals surface area (Å²) in [6.45, 7) is 4.55. The van der Waals surface area contributed by atoms with Gasteiger partial charge in [-0.1, -0.05) is 33.6 Å². The van der Waals surface area contributed by atoms with E-state index < -0.39 is 10.0 Å². The molecule has 1 fully saturated rings. The number of sulfonamides is 1. The zero-order valence-corrected chi connectivity index (χ0v) is 18.8. The highest BCUT2D eigenvalue weighted by Crippen LogP contribution is 2.26. The van der Waals surface area contributed by atoms with Crippen molar-refractivity contribution in [1.29, 1.82) is 0 Å². The fraction of sp³-hybridized carbons (Fsp3) is 0.381. The van der Waals surface area contributed by atoms with Gasteiger partial charge in [0.15, 0.2) is 0 Å². The molecular weight excluding hydrogens is 459 g/mol. The molecule has 156 valence electrons. The maximum Gasteiger partial charge on any atom is 0.243 e. The number of hydrogen-bond acceptors (Lipinski definition) is 3. The normalized spacial score (nSPS) is 16.0. The number of piperidine rings is 1. The number of carbonyl (C=O) groups excluding carboxylic acids is 1. The molecule has 0 spiro atoms. The first-order valence-electron chi connectivity index (χ1n) is 9.47. The van der Waals surface area contributed by atoms with E-state index >= 15 is 0 Å². The van der Waals surface area contributed by atoms with Crippen LogP contribution in [0.15, 0.2) is 45.8 Å². The Balaban J connectivity index is 1.59. The van der Waals surface area contributed by atoms with Crippen LogP contribution in [0.1, 0.15) is 29.5 Å². The van der Waals surface area contributed by atoms with E-state index in [1.165, 1.54) is 16.4 Å². The van der Waals surface area contributed by atoms with E-state index in [4.69, 9.17) is 0 Å². The number of rotatable bonds is 5. The Bertz CT molecular complexity index is 1020. The lowest BCUT2D eigenvalue weighted by Crippen LogP contribution is -2.43. The van der Waals surface area contributed by atoms with Gasteiger partial charge < -0.3 is 5.32 Å². The van der Waals surface area contributed by atoms with E-state index in [9.17, 15) is 17.6 Å². The molecule has 3 rings (SSSR count). The number of halogens is 2. The lowest BCUT2D eigenvalue weighted by atomic mass is 9.97. The van der Waals surface area contributed by atoms with Crippen LogP contribution >= 0.6 is 15.9 Å². The molecule has 1 aliphatic rings. The smallest absolute Gasteiger partial charge is 0.243 e. The Morgan fingerprint density at radius 2 is 1.86 bits per heavy atom. The van der Waals surface area contributed by atoms with Crippen molar-refractivity contribution in [3.8, 4) is 0 Å². The van der Waals surface area contributed by atoms with Crippen LogP contribution in [0.2, 0.25) is 0 Å². The summed E-state index contributed by atoms with van der Waals surface area (Å²) in [5.74, 6) is -0.750. The first-order chi connectivity index (χ1) is 13.7. The van der Waals surface area contributed by atoms with Crippen molar-refractivity contribution >= 4 is 31.9 Å². The molecule has 0 unspecified atom stereocenters. The monoisotopic (exact) mass is 482 g/mol. The number of benzene rings is 2. The Morgan fingerprint density at radius 1 is 1.17 bits per heavy atom. The molecule has 1 saturated heterocycles. The second kappa shape index (κ2) is 8.93. The van der Waals surface area contributed by atoms with Crippen LogP contribution in [-0.2, 0) is 21.4 Å². The van der Waals surface area contributed by atoms with Crippen molar-refractivity contribution in [3.05, 3.63) is 63.4 Å². The van der Waals surface area contributed by atoms with Gasteiger partial charge in [-0.3, -0.25) is 4.79 Å². The molecule has 1 amide bonds. The molecule has 1 N–H and O–H groups in total. The molecule has 5 nitrogen and oxygen atoms in total. The molecule has 0 aliphatic carbocycles. The van der Waals surface area contributed by atoms with E-state index in [-0.39, 0.29) is 24.2 Å². The van der Waals surface area contributed by atoms with E-state index in [0.29, 0.717) is 36.4 Å². The molecule has 29 heavy (non-hydrogen) atoms. The summed E-state index contributed by atoms with van der Waals surface area (Å²) in [5.41, 5.74) is 2.40. The van der Waals surface area contributed by atoms with Gasteiger partial charge >= 0.3 is 0 Å². The van der Waals surface area contributed by atoms with Crippen molar-refractivity contribution in [2.24, 2.45) is 5.92 Å². The third-order valence-electron chi connectivity index (χ3n) is 5.23. The Hall–Kier alpha value is -1.77. The highest BCUT2D eigenvalue weighted by Gasteiger charge is 2.32. The van der Waals surface area contributed by atoms with E-state index in [1.807, 2.05) is 13.0 Å². The number of carbonyl (C=O) groups is 1. The number of amides is 1. The van der Waals surface area contributed by atoms with Gasteiger partial charge in [-0.25, -0.2) is 12.8 Å². The summed E-state index contributed by atoms with van der Waals surface area (Å²) in [5, 5.41) is 2.83. The summed E-state index contributed by atoms with van der Waals surface area (Å²) in [4.78, 5) is 12.8. The molecule has 1 aliphatic heterocycles. The van der Waals surface area contributed by atoms with Crippen LogP contribution in [0.25, 0.3) is 0 Å². The van der Waals surface area contributed by atoms with E-state index in [1.54, 1.807) is 25.1 Å². The predicted octanol–water partition coefficient (Wildman–Crippen LogP) is 3.92. The maximum atomic E-state index is 13.4. The van der Waals surface area contributed by atoms with Gasteiger partial charge in [-0.2, -0.15) is 4.31 Å². The molecule has 0 atom stereocenters. The van der Waals surface area contributed by atoms with Crippen LogP contribution < -0.4 is 5.32 Å². The van der Waals surface area contributed by atoms with Gasteiger partial charge in [0, 0.05) is 30.0 Å². The summed E-state index contributed by atoms with van der Waals surface area (Å²) >= 11 is 3.35. The quantitative estimate of drug-likeness (QED) is 0.701. The molecular formula is C21H24BrFN2O3S. The van der Waals surface area contributed by atoms with Gasteiger partial charge in [0.25, 0.3) is 0 Å². The largest absolute Gasteiger partial charge is 0.352 e. The SMILES string of the molecule is Cc1ccc(S(=O)(=O)N2CCC(C(=O)NCc3cc(F)ccc3Br)CC2)c(C)c1. The van der Waals surface area contributed by atoms with Gasteiger partial charge in [-0.15, -0.1) is 0 Å². The fourth-order valence-electron chi connectivity index (χ4n) is 3.59. The third kappa shape index (κ3) is 5.05. The molecule has 2 aromatic carbocycles. The van der Waals surface area contributed by atoms with Gasteiger partial charge in [-0.05, 0) is 62.1 Å². The van der Waals surface area contributed by atoms with Crippen molar-refractivity contribution in [1.82, 2.24) is 9.62 Å². The minimum absolute atomic E-state index is 0.135. The second-order valence-corrected chi connectivity index (χ2v) is 10.2. The summed E-state index contributed by atoms with van der Waals surface area (Å²) in [6, 6.07) is 9.63. The number of hydrogen-bond donors (Lipinski definition) is 1. The lowest BCUT2D eigenvalue weighted by molar-refractivity contribution is -0.126. The van der Waals surface area contributed by atoms with Gasteiger partial charge in [0.05, 0.1) is 4.90 Å². The van der Waals surface area contributed by atoms with Crippen LogP contribution in [-0.4, -0.2) is 31.7 Å². The van der Waals surface area contributed by atoms with Crippen LogP contribution in [0.5, 0.6) is 0 Å². The molecule has 0 bridgehead atoms. The summed E-state index contributed by atoms with van der Waals surface area (Å²) in [6.07, 6.45) is 0.917. The molecule has 0 aromatic heterocycles. The Labute approximate surface area is 179 Å². The van der Waals surface area contributed by atoms with Crippen molar-refractivity contribution < 1.29 is 17.6 Å². The van der Waals surface area contributed by atoms with Gasteiger partial charge in [0.2, 0.25) is 15.9 Å². The van der Waals surface area contributed by atoms with E-state index in [0.717, 1.165) is 15.6 Å². The van der Waals surface area contributed by atoms with Crippen LogP contribution in [0.3, 0.4) is 0 Å². The standard InChI is InChI=1S/C21H24BrFN2O3S/c1-14-3-6-20(15(2)11-14)29(27,28)25-9-7-16(8-10-25)21(26)24-13-17-12-18(23)4-5-19(17)22/h3-6,11-12,16H,7-10,13H2,1-2H3,(H,24,26). The first-order valence-corrected chi connectivity index (χ1v) is 11.7. The minimum atomic E-state index is -3.57. The predicted molar refractivity (Wildman–Crippen MR) is 113 cm³/mol. The van der Waals surface area contributed by atoms with Crippen molar-refractivity contribution in [2.45, 2.75) is 38.1 Å². The lowest BCUT2D eigenvalue weighted by Gasteiger charge is -2.31. The fourth-order valence-corrected chi connectivity index (χ4v) is 5.65. The zero-order valence-electron chi connectivity index (χ0n) is 16.4. The zero-order chi connectivity index (χ0) is 21.2. The molecule has 1 heterocycles. The van der Waals surface area contributed by atoms with E-state index in [2.05, 4.69) is 21.2 Å². The molecule has 2 aromatic rings. The second-order valence-electron chi connectivity index (χ2n) is 7.40. The number of nitrogens with one attached hydrogen (secondary N) is 1. The topological polar surface area (TPSA) is 66.5 Å². The summed E-state index contributed by atoms with van der Waals surface area (Å²) in [7, 11) is -3.57. The first kappa shape index (κ1) is 21.9.